The minimum atomic E-state index is -1.11. The lowest BCUT2D eigenvalue weighted by molar-refractivity contribution is -0.155. The SMILES string of the molecule is OC(OC(c1ccc2c(c1)OCCO2)C1CN2CCCC2C(c2ccc(-c3ccccn3)s2)N1)c1ccc(-c2ccccn2)s1. The lowest BCUT2D eigenvalue weighted by atomic mass is 9.93. The van der Waals surface area contributed by atoms with Crippen molar-refractivity contribution in [2.24, 2.45) is 0 Å². The molecule has 2 N–H and O–H groups in total. The van der Waals surface area contributed by atoms with Gasteiger partial charge >= 0.3 is 0 Å². The van der Waals surface area contributed by atoms with Crippen molar-refractivity contribution in [1.82, 2.24) is 20.2 Å². The molecule has 0 aliphatic carbocycles. The van der Waals surface area contributed by atoms with Crippen LogP contribution in [0.3, 0.4) is 0 Å². The molecule has 8 rings (SSSR count). The predicted octanol–water partition coefficient (Wildman–Crippen LogP) is 6.63. The molecule has 3 aliphatic heterocycles. The molecule has 4 aromatic heterocycles. The Hall–Kier alpha value is -3.64. The molecule has 7 heterocycles. The molecule has 5 atom stereocenters. The van der Waals surface area contributed by atoms with Crippen LogP contribution in [0.15, 0.2) is 91.3 Å². The Morgan fingerprint density at radius 2 is 1.62 bits per heavy atom. The van der Waals surface area contributed by atoms with Crippen molar-refractivity contribution in [3.63, 3.8) is 0 Å². The zero-order chi connectivity index (χ0) is 30.2. The first-order valence-corrected chi connectivity index (χ1v) is 17.1. The third-order valence-electron chi connectivity index (χ3n) is 8.80. The number of thiophene rings is 2. The van der Waals surface area contributed by atoms with Crippen LogP contribution in [0, 0.1) is 0 Å². The van der Waals surface area contributed by atoms with Crippen LogP contribution in [0.5, 0.6) is 11.5 Å². The van der Waals surface area contributed by atoms with E-state index < -0.39 is 12.4 Å². The number of rotatable bonds is 8. The highest BCUT2D eigenvalue weighted by Gasteiger charge is 2.43. The largest absolute Gasteiger partial charge is 0.486 e. The zero-order valence-electron chi connectivity index (χ0n) is 24.6. The van der Waals surface area contributed by atoms with Gasteiger partial charge in [-0.05, 0) is 85.6 Å². The number of piperazine rings is 1. The first-order valence-electron chi connectivity index (χ1n) is 15.4. The van der Waals surface area contributed by atoms with Crippen molar-refractivity contribution in [3.05, 3.63) is 107 Å². The minimum Gasteiger partial charge on any atom is -0.486 e. The normalized spacial score (nSPS) is 22.6. The van der Waals surface area contributed by atoms with E-state index in [1.165, 1.54) is 16.2 Å². The van der Waals surface area contributed by atoms with Crippen molar-refractivity contribution in [1.29, 1.82) is 0 Å². The van der Waals surface area contributed by atoms with Crippen LogP contribution in [0.1, 0.15) is 46.6 Å². The van der Waals surface area contributed by atoms with Gasteiger partial charge in [-0.2, -0.15) is 0 Å². The van der Waals surface area contributed by atoms with E-state index in [9.17, 15) is 5.11 Å². The summed E-state index contributed by atoms with van der Waals surface area (Å²) in [4.78, 5) is 15.8. The molecule has 0 saturated carbocycles. The van der Waals surface area contributed by atoms with Crippen molar-refractivity contribution in [3.8, 4) is 32.6 Å². The molecule has 0 radical (unpaired) electrons. The van der Waals surface area contributed by atoms with Gasteiger partial charge in [-0.3, -0.25) is 14.9 Å². The molecule has 230 valence electrons. The van der Waals surface area contributed by atoms with Crippen molar-refractivity contribution in [2.45, 2.75) is 43.4 Å². The first-order chi connectivity index (χ1) is 22.2. The molecule has 5 aromatic rings. The van der Waals surface area contributed by atoms with E-state index in [2.05, 4.69) is 38.4 Å². The number of pyridine rings is 2. The monoisotopic (exact) mass is 638 g/mol. The van der Waals surface area contributed by atoms with Crippen molar-refractivity contribution >= 4 is 22.7 Å². The zero-order valence-corrected chi connectivity index (χ0v) is 26.3. The highest BCUT2D eigenvalue weighted by Crippen LogP contribution is 2.43. The average molecular weight is 639 g/mol. The molecule has 3 aliphatic rings. The van der Waals surface area contributed by atoms with Gasteiger partial charge in [-0.15, -0.1) is 22.7 Å². The van der Waals surface area contributed by atoms with Crippen LogP contribution in [-0.4, -0.2) is 58.4 Å². The summed E-state index contributed by atoms with van der Waals surface area (Å²) < 4.78 is 18.5. The quantitative estimate of drug-likeness (QED) is 0.183. The van der Waals surface area contributed by atoms with Crippen LogP contribution in [0.25, 0.3) is 21.1 Å². The van der Waals surface area contributed by atoms with E-state index in [1.54, 1.807) is 17.5 Å². The Kier molecular flexibility index (Phi) is 8.09. The van der Waals surface area contributed by atoms with Gasteiger partial charge in [0.05, 0.1) is 38.1 Å². The second kappa shape index (κ2) is 12.6. The molecule has 0 amide bonds. The van der Waals surface area contributed by atoms with Gasteiger partial charge in [-0.25, -0.2) is 0 Å². The minimum absolute atomic E-state index is 0.0859. The Morgan fingerprint density at radius 1 is 0.867 bits per heavy atom. The molecule has 45 heavy (non-hydrogen) atoms. The summed E-state index contributed by atoms with van der Waals surface area (Å²) in [5, 5.41) is 15.6. The highest BCUT2D eigenvalue weighted by molar-refractivity contribution is 7.15. The fourth-order valence-electron chi connectivity index (χ4n) is 6.70. The summed E-state index contributed by atoms with van der Waals surface area (Å²) in [7, 11) is 0. The Balaban J connectivity index is 1.11. The van der Waals surface area contributed by atoms with E-state index in [-0.39, 0.29) is 12.1 Å². The second-order valence-electron chi connectivity index (χ2n) is 11.6. The summed E-state index contributed by atoms with van der Waals surface area (Å²) in [5.74, 6) is 1.44. The van der Waals surface area contributed by atoms with Gasteiger partial charge < -0.3 is 24.6 Å². The summed E-state index contributed by atoms with van der Waals surface area (Å²) in [6, 6.07) is 26.7. The molecule has 1 aromatic carbocycles. The van der Waals surface area contributed by atoms with E-state index in [0.717, 1.165) is 63.3 Å². The maximum Gasteiger partial charge on any atom is 0.191 e. The number of benzene rings is 1. The second-order valence-corrected chi connectivity index (χ2v) is 13.8. The third-order valence-corrected chi connectivity index (χ3v) is 11.1. The van der Waals surface area contributed by atoms with Gasteiger partial charge in [0.2, 0.25) is 0 Å². The number of hydrogen-bond donors (Lipinski definition) is 2. The van der Waals surface area contributed by atoms with Crippen molar-refractivity contribution < 1.29 is 19.3 Å². The number of hydrogen-bond acceptors (Lipinski definition) is 10. The van der Waals surface area contributed by atoms with E-state index >= 15 is 0 Å². The van der Waals surface area contributed by atoms with Crippen LogP contribution < -0.4 is 14.8 Å². The molecular weight excluding hydrogens is 605 g/mol. The molecule has 0 bridgehead atoms. The smallest absolute Gasteiger partial charge is 0.191 e. The molecular formula is C35H34N4O4S2. The van der Waals surface area contributed by atoms with Gasteiger partial charge in [0.1, 0.15) is 19.3 Å². The van der Waals surface area contributed by atoms with Gasteiger partial charge in [-0.1, -0.05) is 18.2 Å². The average Bonchev–Trinajstić information content (AvgIpc) is 3.89. The number of nitrogens with zero attached hydrogens (tertiary/aromatic N) is 3. The van der Waals surface area contributed by atoms with Crippen LogP contribution in [-0.2, 0) is 4.74 Å². The number of nitrogens with one attached hydrogen (secondary N) is 1. The van der Waals surface area contributed by atoms with E-state index in [1.807, 2.05) is 66.9 Å². The Morgan fingerprint density at radius 3 is 2.40 bits per heavy atom. The van der Waals surface area contributed by atoms with Crippen LogP contribution in [0.4, 0.5) is 0 Å². The maximum atomic E-state index is 11.5. The predicted molar refractivity (Wildman–Crippen MR) is 176 cm³/mol. The van der Waals surface area contributed by atoms with Crippen LogP contribution >= 0.6 is 22.7 Å². The summed E-state index contributed by atoms with van der Waals surface area (Å²) >= 11 is 3.30. The Labute approximate surface area is 270 Å². The fraction of sp³-hybridized carbons (Fsp3) is 0.314. The van der Waals surface area contributed by atoms with Crippen molar-refractivity contribution in [2.75, 3.05) is 26.3 Å². The number of aromatic nitrogens is 2. The highest BCUT2D eigenvalue weighted by atomic mass is 32.1. The number of fused-ring (bicyclic) bond motifs is 2. The van der Waals surface area contributed by atoms with Gasteiger partial charge in [0, 0.05) is 29.9 Å². The molecule has 2 fully saturated rings. The Bertz CT molecular complexity index is 1750. The third kappa shape index (κ3) is 5.90. The maximum absolute atomic E-state index is 11.5. The van der Waals surface area contributed by atoms with Gasteiger partial charge in [0.15, 0.2) is 17.8 Å². The summed E-state index contributed by atoms with van der Waals surface area (Å²) in [6.45, 7) is 2.90. The van der Waals surface area contributed by atoms with E-state index in [0.29, 0.717) is 25.0 Å². The number of aliphatic hydroxyl groups excluding tert-OH is 1. The number of aliphatic hydroxyl groups is 1. The summed E-state index contributed by atoms with van der Waals surface area (Å²) in [6.07, 6.45) is 4.37. The molecule has 10 heteroatoms. The number of ether oxygens (including phenoxy) is 3. The van der Waals surface area contributed by atoms with Crippen LogP contribution in [0.2, 0.25) is 0 Å². The van der Waals surface area contributed by atoms with Gasteiger partial charge in [0.25, 0.3) is 0 Å². The molecule has 5 unspecified atom stereocenters. The lowest BCUT2D eigenvalue weighted by Crippen LogP contribution is -2.57. The lowest BCUT2D eigenvalue weighted by Gasteiger charge is -2.44. The molecule has 2 saturated heterocycles. The topological polar surface area (TPSA) is 89.0 Å². The standard InChI is InChI=1S/C35H34N4O4S2/c40-35(32-14-12-30(45-32)24-7-2-4-16-37-24)43-34(22-9-10-27-28(20-22)42-19-18-41-27)25-21-39-17-5-8-26(39)33(38-25)31-13-11-29(44-31)23-6-1-3-15-36-23/h1-4,6-7,9-16,20,25-26,33-35,38,40H,5,8,17-19,21H2. The fourth-order valence-corrected chi connectivity index (χ4v) is 8.72. The molecule has 0 spiro atoms. The summed E-state index contributed by atoms with van der Waals surface area (Å²) in [5.41, 5.74) is 2.81. The molecule has 8 nitrogen and oxygen atoms in total. The van der Waals surface area contributed by atoms with E-state index in [4.69, 9.17) is 14.2 Å². The first kappa shape index (κ1) is 28.8.